The number of rotatable bonds is 13. The lowest BCUT2D eigenvalue weighted by Gasteiger charge is -2.39. The highest BCUT2D eigenvalue weighted by molar-refractivity contribution is 6.30. The molecule has 0 bridgehead atoms. The van der Waals surface area contributed by atoms with Crippen LogP contribution in [0.5, 0.6) is 23.4 Å². The Balaban J connectivity index is 0.000000165. The third kappa shape index (κ3) is 16.8. The van der Waals surface area contributed by atoms with Crippen molar-refractivity contribution in [2.75, 3.05) is 26.2 Å². The summed E-state index contributed by atoms with van der Waals surface area (Å²) in [6, 6.07) is 20.9. The van der Waals surface area contributed by atoms with Gasteiger partial charge in [-0.25, -0.2) is 44.3 Å². The Morgan fingerprint density at radius 1 is 0.559 bits per heavy atom. The molecule has 0 spiro atoms. The van der Waals surface area contributed by atoms with Gasteiger partial charge in [0.25, 0.3) is 23.6 Å². The first kappa shape index (κ1) is 67.9. The van der Waals surface area contributed by atoms with Crippen molar-refractivity contribution < 1.29 is 64.1 Å². The average molecular weight is 1310 g/mol. The maximum absolute atomic E-state index is 14.3. The normalized spacial score (nSPS) is 19.0. The topological polar surface area (TPSA) is 214 Å². The van der Waals surface area contributed by atoms with E-state index in [1.54, 1.807) is 120 Å². The first-order chi connectivity index (χ1) is 44.5. The lowest BCUT2D eigenvalue weighted by Crippen LogP contribution is -2.51. The predicted octanol–water partition coefficient (Wildman–Crippen LogP) is 13.0. The van der Waals surface area contributed by atoms with Crippen molar-refractivity contribution in [3.8, 4) is 46.2 Å². The number of ether oxygens (including phenoxy) is 4. The molecule has 0 unspecified atom stereocenters. The molecule has 0 saturated carbocycles. The zero-order chi connectivity index (χ0) is 66.6. The summed E-state index contributed by atoms with van der Waals surface area (Å²) < 4.78 is 114. The second-order valence-electron chi connectivity index (χ2n) is 22.1. The van der Waals surface area contributed by atoms with Gasteiger partial charge >= 0.3 is 12.4 Å². The molecule has 488 valence electrons. The minimum atomic E-state index is -4.71. The van der Waals surface area contributed by atoms with E-state index >= 15 is 0 Å². The van der Waals surface area contributed by atoms with Gasteiger partial charge in [-0.1, -0.05) is 23.7 Å². The van der Waals surface area contributed by atoms with E-state index in [1.807, 2.05) is 39.8 Å². The van der Waals surface area contributed by atoms with Crippen LogP contribution in [0.25, 0.3) is 22.8 Å². The molecule has 3 saturated heterocycles. The summed E-state index contributed by atoms with van der Waals surface area (Å²) in [5.41, 5.74) is 1.77. The molecule has 93 heavy (non-hydrogen) atoms. The lowest BCUT2D eigenvalue weighted by atomic mass is 9.95. The van der Waals surface area contributed by atoms with Crippen molar-refractivity contribution >= 4 is 29.3 Å². The van der Waals surface area contributed by atoms with Crippen molar-refractivity contribution in [2.45, 2.75) is 129 Å². The molecule has 19 nitrogen and oxygen atoms in total. The predicted molar refractivity (Wildman–Crippen MR) is 328 cm³/mol. The van der Waals surface area contributed by atoms with Crippen molar-refractivity contribution in [3.05, 3.63) is 185 Å². The van der Waals surface area contributed by atoms with Gasteiger partial charge in [-0.15, -0.1) is 0 Å². The average Bonchev–Trinajstić information content (AvgIpc) is 0.971. The number of pyridine rings is 5. The minimum Gasteiger partial charge on any atom is -0.491 e. The van der Waals surface area contributed by atoms with Gasteiger partial charge in [-0.3, -0.25) is 19.4 Å². The van der Waals surface area contributed by atoms with Gasteiger partial charge in [0.05, 0.1) is 52.0 Å². The van der Waals surface area contributed by atoms with Crippen LogP contribution in [0.1, 0.15) is 120 Å². The number of aryl methyl sites for hydroxylation is 2. The van der Waals surface area contributed by atoms with E-state index in [-0.39, 0.29) is 47.5 Å². The maximum atomic E-state index is 14.3. The highest BCUT2D eigenvalue weighted by Gasteiger charge is 2.39. The molecule has 3 aliphatic heterocycles. The van der Waals surface area contributed by atoms with Gasteiger partial charge in [0.1, 0.15) is 24.0 Å². The molecule has 3 fully saturated rings. The van der Waals surface area contributed by atoms with Crippen molar-refractivity contribution in [1.29, 1.82) is 0 Å². The Morgan fingerprint density at radius 2 is 1.09 bits per heavy atom. The van der Waals surface area contributed by atoms with Crippen LogP contribution in [0, 0.1) is 19.7 Å². The molecule has 0 aliphatic carbocycles. The number of halogens is 8. The van der Waals surface area contributed by atoms with E-state index in [0.717, 1.165) is 30.7 Å². The standard InChI is InChI=1S/C24H22F4N4O2.C21H20ClN5O2.C21H24F3N3O3/c1-14-6-3-7-17(20(14)21-29-9-5-10-30-21)23(33)32-11-4-8-19(15(32)2)34-22-18(25)12-16(13-31-22)24(26,27)28;1-14-17(29-18-8-7-15(22)13-26-18)6-3-12-27(14)21(28)19-16(5-2-9-23-19)20-24-10-4-11-25-20;1-4-29-17-9-7-13(2)26-19(17)20(28)27-11-5-6-16(14(27)3)30-18-10-8-15(12-25-18)21(22,23)24/h3,5-7,9-10,12-13,15,19H,4,8,11H2,1-2H3;2,4-5,7-11,13-14,17H,3,6,12H2,1H3;7-10,12,14,16H,4-6,11H2,1-3H3/t15-,19+;14-,17+;14-,16+/m000/s1. The van der Waals surface area contributed by atoms with Crippen LogP contribution in [-0.4, -0.2) is 140 Å². The summed E-state index contributed by atoms with van der Waals surface area (Å²) in [6.45, 7) is 13.1. The monoisotopic (exact) mass is 1310 g/mol. The molecular formula is C66H66ClF7N12O7. The third-order valence-electron chi connectivity index (χ3n) is 15.8. The number of aromatic nitrogens is 9. The van der Waals surface area contributed by atoms with E-state index in [2.05, 4.69) is 44.9 Å². The Kier molecular flexibility index (Phi) is 22.1. The first-order valence-electron chi connectivity index (χ1n) is 30.0. The number of carbonyl (C=O) groups excluding carboxylic acids is 3. The fraction of sp³-hybridized carbons (Fsp3) is 0.364. The van der Waals surface area contributed by atoms with Crippen LogP contribution < -0.4 is 18.9 Å². The molecule has 0 N–H and O–H groups in total. The Bertz CT molecular complexity index is 3850. The molecular weight excluding hydrogens is 1240 g/mol. The van der Waals surface area contributed by atoms with Crippen molar-refractivity contribution in [2.24, 2.45) is 0 Å². The van der Waals surface area contributed by atoms with E-state index in [4.69, 9.17) is 30.5 Å². The number of likely N-dealkylation sites (tertiary alicyclic amines) is 3. The second kappa shape index (κ2) is 30.3. The van der Waals surface area contributed by atoms with E-state index in [1.165, 1.54) is 6.07 Å². The SMILES string of the molecule is CCOc1ccc(C)nc1C(=O)N1CCC[C@@H](Oc2ccc(C(F)(F)F)cn2)[C@@H]1C.C[C@H]1[C@H](Oc2ccc(Cl)cn2)CCCN1C(=O)c1ncccc1-c1ncccn1.Cc1cccc(C(=O)N2CCC[C@@H](Oc3ncc(C(F)(F)F)cc3F)[C@@H]2C)c1-c1ncccn1. The zero-order valence-corrected chi connectivity index (χ0v) is 52.2. The third-order valence-corrected chi connectivity index (χ3v) is 16.1. The van der Waals surface area contributed by atoms with Gasteiger partial charge in [-0.2, -0.15) is 26.3 Å². The fourth-order valence-corrected chi connectivity index (χ4v) is 11.1. The quantitative estimate of drug-likeness (QED) is 0.0981. The van der Waals surface area contributed by atoms with Gasteiger partial charge < -0.3 is 33.6 Å². The number of amides is 3. The van der Waals surface area contributed by atoms with Gasteiger partial charge in [0, 0.05) is 92.6 Å². The van der Waals surface area contributed by atoms with Crippen molar-refractivity contribution in [1.82, 2.24) is 59.6 Å². The van der Waals surface area contributed by atoms with Crippen LogP contribution in [0.2, 0.25) is 5.02 Å². The fourth-order valence-electron chi connectivity index (χ4n) is 11.0. The van der Waals surface area contributed by atoms with E-state index in [0.29, 0.717) is 121 Å². The lowest BCUT2D eigenvalue weighted by molar-refractivity contribution is -0.138. The summed E-state index contributed by atoms with van der Waals surface area (Å²) in [5.74, 6) is -0.471. The molecule has 3 amide bonds. The summed E-state index contributed by atoms with van der Waals surface area (Å²) in [5, 5.41) is 0.552. The van der Waals surface area contributed by atoms with Crippen LogP contribution in [-0.2, 0) is 12.4 Å². The van der Waals surface area contributed by atoms with Crippen LogP contribution in [0.4, 0.5) is 30.7 Å². The first-order valence-corrected chi connectivity index (χ1v) is 30.4. The molecule has 1 aromatic carbocycles. The Hall–Kier alpha value is -9.46. The number of hydrogen-bond donors (Lipinski definition) is 0. The van der Waals surface area contributed by atoms with Crippen LogP contribution in [0.15, 0.2) is 135 Å². The molecule has 3 aliphatic rings. The Labute approximate surface area is 536 Å². The van der Waals surface area contributed by atoms with Gasteiger partial charge in [0.15, 0.2) is 28.9 Å². The number of nitrogens with zero attached hydrogens (tertiary/aromatic N) is 12. The Morgan fingerprint density at radius 3 is 1.62 bits per heavy atom. The number of benzene rings is 1. The number of alkyl halides is 6. The summed E-state index contributed by atoms with van der Waals surface area (Å²) in [6.07, 6.45) is 4.67. The molecule has 27 heteroatoms. The van der Waals surface area contributed by atoms with Crippen LogP contribution >= 0.6 is 11.6 Å². The molecule has 6 atom stereocenters. The summed E-state index contributed by atoms with van der Waals surface area (Å²) in [7, 11) is 0. The number of piperidine rings is 3. The van der Waals surface area contributed by atoms with Gasteiger partial charge in [0.2, 0.25) is 11.8 Å². The molecule has 0 radical (unpaired) electrons. The largest absolute Gasteiger partial charge is 0.491 e. The number of hydrogen-bond acceptors (Lipinski definition) is 16. The molecule has 7 aromatic heterocycles. The van der Waals surface area contributed by atoms with Crippen LogP contribution in [0.3, 0.4) is 0 Å². The summed E-state index contributed by atoms with van der Waals surface area (Å²) in [4.78, 5) is 82.6. The highest BCUT2D eigenvalue weighted by Crippen LogP contribution is 2.35. The van der Waals surface area contributed by atoms with Gasteiger partial charge in [-0.05, 0) is 146 Å². The molecule has 10 heterocycles. The van der Waals surface area contributed by atoms with E-state index in [9.17, 15) is 45.1 Å². The maximum Gasteiger partial charge on any atom is 0.417 e. The summed E-state index contributed by atoms with van der Waals surface area (Å²) >= 11 is 5.89. The zero-order valence-electron chi connectivity index (χ0n) is 51.5. The van der Waals surface area contributed by atoms with E-state index < -0.39 is 53.4 Å². The number of carbonyl (C=O) groups is 3. The highest BCUT2D eigenvalue weighted by atomic mass is 35.5. The molecule has 11 rings (SSSR count). The second-order valence-corrected chi connectivity index (χ2v) is 22.5. The van der Waals surface area contributed by atoms with Crippen molar-refractivity contribution in [3.63, 3.8) is 0 Å². The minimum absolute atomic E-state index is 0.0952. The molecule has 8 aromatic rings. The smallest absolute Gasteiger partial charge is 0.417 e.